The van der Waals surface area contributed by atoms with Crippen LogP contribution in [0, 0.1) is 5.92 Å². The Hall–Kier alpha value is -7.54. The number of hydrogen-bond acceptors (Lipinski definition) is 16. The SMILES string of the molecule is CC(C)[C@@H]1NC(=O)[C@@H](Cc2ccc(OCCCNC(=O)c3ccc(N=NCc4ccccc4S(=O)(=O)O)nc3)cc2)NC(=O)[C@H](CC(=O)O)NC(=O)CNC(=O)[C@H](CCCNC2=NCCN2)NC1=O. The van der Waals surface area contributed by atoms with Gasteiger partial charge in [-0.3, -0.25) is 43.1 Å². The number of ether oxygens (including phenoxy) is 1. The molecule has 69 heavy (non-hydrogen) atoms. The number of aliphatic imine (C=N–C) groups is 1. The van der Waals surface area contributed by atoms with Crippen LogP contribution in [0.2, 0.25) is 0 Å². The molecule has 0 bridgehead atoms. The van der Waals surface area contributed by atoms with Crippen molar-refractivity contribution in [1.82, 2.24) is 47.5 Å². The van der Waals surface area contributed by atoms with Gasteiger partial charge in [0.05, 0.1) is 43.1 Å². The number of hydrogen-bond donors (Lipinski definition) is 10. The largest absolute Gasteiger partial charge is 0.494 e. The van der Waals surface area contributed by atoms with Gasteiger partial charge in [-0.15, -0.1) is 5.11 Å². The van der Waals surface area contributed by atoms with Crippen LogP contribution in [0.15, 0.2) is 87.0 Å². The standard InChI is InChI=1S/C44H56N12O12S/c1-26(2)38-43(64)53-31(8-5-16-46-44-47-18-19-48-44)40(61)50-25-36(57)52-33(22-37(58)59)41(62)54-32(42(63)55-38)21-27-10-13-30(14-11-27)68-20-6-17-45-39(60)29-12-15-35(49-23-29)56-51-24-28-7-3-4-9-34(28)69(65,66)67/h3-4,7,9-15,23,26,31-33,38H,5-6,8,16-22,24-25H2,1-2H3,(H,45,60)(H,50,61)(H,52,57)(H,53,64)(H,54,62)(H,55,63)(H,58,59)(H2,46,47,48)(H,65,66,67)/t31-,32+,33-,38-/m0/s1. The lowest BCUT2D eigenvalue weighted by molar-refractivity contribution is -0.141. The third kappa shape index (κ3) is 16.9. The van der Waals surface area contributed by atoms with Crippen LogP contribution in [0.1, 0.15) is 61.0 Å². The minimum absolute atomic E-state index is 0.121. The average molecular weight is 977 g/mol. The van der Waals surface area contributed by atoms with E-state index in [1.165, 1.54) is 36.5 Å². The predicted octanol–water partition coefficient (Wildman–Crippen LogP) is -0.118. The number of azo groups is 1. The van der Waals surface area contributed by atoms with E-state index in [1.54, 1.807) is 44.2 Å². The fourth-order valence-electron chi connectivity index (χ4n) is 6.92. The number of carboxylic acids is 1. The van der Waals surface area contributed by atoms with Crippen LogP contribution in [0.5, 0.6) is 5.75 Å². The normalized spacial score (nSPS) is 19.4. The molecule has 0 spiro atoms. The van der Waals surface area contributed by atoms with Crippen LogP contribution in [0.3, 0.4) is 0 Å². The number of carbonyl (C=O) groups excluding carboxylic acids is 6. The Labute approximate surface area is 397 Å². The molecule has 24 nitrogen and oxygen atoms in total. The lowest BCUT2D eigenvalue weighted by atomic mass is 9.99. The van der Waals surface area contributed by atoms with Gasteiger partial charge in [0.15, 0.2) is 11.8 Å². The number of rotatable bonds is 19. The first kappa shape index (κ1) is 52.4. The molecule has 6 amide bonds. The third-order valence-electron chi connectivity index (χ3n) is 10.5. The highest BCUT2D eigenvalue weighted by molar-refractivity contribution is 7.85. The molecule has 2 aromatic carbocycles. The maximum absolute atomic E-state index is 14.0. The summed E-state index contributed by atoms with van der Waals surface area (Å²) < 4.78 is 38.4. The van der Waals surface area contributed by atoms with Gasteiger partial charge in [-0.2, -0.15) is 13.5 Å². The zero-order valence-corrected chi connectivity index (χ0v) is 38.7. The molecule has 1 fully saturated rings. The Morgan fingerprint density at radius 2 is 1.59 bits per heavy atom. The zero-order valence-electron chi connectivity index (χ0n) is 37.9. The van der Waals surface area contributed by atoms with Gasteiger partial charge in [-0.25, -0.2) is 4.98 Å². The summed E-state index contributed by atoms with van der Waals surface area (Å²) in [7, 11) is -4.43. The van der Waals surface area contributed by atoms with Gasteiger partial charge in [-0.1, -0.05) is 44.2 Å². The molecule has 1 saturated heterocycles. The molecule has 10 N–H and O–H groups in total. The monoisotopic (exact) mass is 976 g/mol. The fraction of sp³-hybridized carbons (Fsp3) is 0.432. The van der Waals surface area contributed by atoms with Gasteiger partial charge < -0.3 is 52.4 Å². The maximum atomic E-state index is 14.0. The highest BCUT2D eigenvalue weighted by Gasteiger charge is 2.34. The summed E-state index contributed by atoms with van der Waals surface area (Å²) in [6.45, 7) is 4.82. The van der Waals surface area contributed by atoms with Gasteiger partial charge in [0.1, 0.15) is 29.9 Å². The minimum Gasteiger partial charge on any atom is -0.494 e. The second-order valence-electron chi connectivity index (χ2n) is 16.2. The number of amides is 6. The smallest absolute Gasteiger partial charge is 0.305 e. The number of aliphatic carboxylic acids is 1. The van der Waals surface area contributed by atoms with Crippen LogP contribution < -0.4 is 47.3 Å². The van der Waals surface area contributed by atoms with Crippen molar-refractivity contribution in [2.75, 3.05) is 39.3 Å². The zero-order chi connectivity index (χ0) is 49.9. The van der Waals surface area contributed by atoms with Gasteiger partial charge in [0.2, 0.25) is 29.5 Å². The first-order valence-corrected chi connectivity index (χ1v) is 23.5. The summed E-state index contributed by atoms with van der Waals surface area (Å²) in [4.78, 5) is 100. The first-order valence-electron chi connectivity index (χ1n) is 22.1. The van der Waals surface area contributed by atoms with Crippen molar-refractivity contribution >= 4 is 63.3 Å². The number of benzene rings is 2. The highest BCUT2D eigenvalue weighted by Crippen LogP contribution is 2.18. The number of carboxylic acid groups (broad SMARTS) is 1. The fourth-order valence-corrected chi connectivity index (χ4v) is 7.64. The Bertz CT molecular complexity index is 2490. The second kappa shape index (κ2) is 25.6. The molecule has 25 heteroatoms. The molecule has 0 aliphatic carbocycles. The summed E-state index contributed by atoms with van der Waals surface area (Å²) in [5.41, 5.74) is 1.05. The van der Waals surface area contributed by atoms with E-state index in [1.807, 2.05) is 0 Å². The van der Waals surface area contributed by atoms with E-state index in [9.17, 15) is 51.6 Å². The molecule has 3 aromatic rings. The molecule has 3 heterocycles. The lowest BCUT2D eigenvalue weighted by Gasteiger charge is -2.27. The molecule has 4 atom stereocenters. The van der Waals surface area contributed by atoms with Crippen molar-refractivity contribution in [2.24, 2.45) is 21.1 Å². The Morgan fingerprint density at radius 3 is 2.28 bits per heavy atom. The Kier molecular flexibility index (Phi) is 19.4. The molecule has 2 aliphatic heterocycles. The van der Waals surface area contributed by atoms with Crippen LogP contribution in [-0.4, -0.2) is 134 Å². The van der Waals surface area contributed by atoms with Crippen molar-refractivity contribution in [3.63, 3.8) is 0 Å². The quantitative estimate of drug-likeness (QED) is 0.0425. The van der Waals surface area contributed by atoms with E-state index in [-0.39, 0.29) is 54.4 Å². The van der Waals surface area contributed by atoms with Crippen molar-refractivity contribution in [2.45, 2.75) is 81.6 Å². The van der Waals surface area contributed by atoms with Crippen molar-refractivity contribution in [1.29, 1.82) is 0 Å². The second-order valence-corrected chi connectivity index (χ2v) is 17.6. The van der Waals surface area contributed by atoms with Gasteiger partial charge >= 0.3 is 5.97 Å². The van der Waals surface area contributed by atoms with E-state index in [0.29, 0.717) is 49.7 Å². The van der Waals surface area contributed by atoms with Crippen molar-refractivity contribution in [3.8, 4) is 5.75 Å². The summed E-state index contributed by atoms with van der Waals surface area (Å²) in [5.74, 6) is -5.05. The van der Waals surface area contributed by atoms with Crippen molar-refractivity contribution in [3.05, 3.63) is 83.6 Å². The summed E-state index contributed by atoms with van der Waals surface area (Å²) in [6, 6.07) is 10.1. The van der Waals surface area contributed by atoms with Crippen molar-refractivity contribution < 1.29 is 56.4 Å². The van der Waals surface area contributed by atoms with Crippen LogP contribution >= 0.6 is 0 Å². The highest BCUT2D eigenvalue weighted by atomic mass is 32.2. The molecular formula is C44H56N12O12S. The maximum Gasteiger partial charge on any atom is 0.305 e. The van der Waals surface area contributed by atoms with E-state index < -0.39 is 94.6 Å². The van der Waals surface area contributed by atoms with Gasteiger partial charge in [-0.05, 0) is 66.6 Å². The van der Waals surface area contributed by atoms with Crippen LogP contribution in [0.25, 0.3) is 0 Å². The summed E-state index contributed by atoms with van der Waals surface area (Å²) >= 11 is 0. The number of carbonyl (C=O) groups is 7. The topological polar surface area (TPSA) is 350 Å². The number of aromatic nitrogens is 1. The van der Waals surface area contributed by atoms with E-state index >= 15 is 0 Å². The lowest BCUT2D eigenvalue weighted by Crippen LogP contribution is -2.59. The number of guanidine groups is 1. The Morgan fingerprint density at radius 1 is 0.855 bits per heavy atom. The molecule has 370 valence electrons. The predicted molar refractivity (Wildman–Crippen MR) is 247 cm³/mol. The summed E-state index contributed by atoms with van der Waals surface area (Å²) in [6.07, 6.45) is 1.33. The minimum atomic E-state index is -4.43. The van der Waals surface area contributed by atoms with E-state index in [2.05, 4.69) is 62.7 Å². The number of pyridine rings is 1. The summed E-state index contributed by atoms with van der Waals surface area (Å²) in [5, 5.41) is 39.1. The number of nitrogens with zero attached hydrogens (tertiary/aromatic N) is 4. The third-order valence-corrected chi connectivity index (χ3v) is 11.5. The average Bonchev–Trinajstić information content (AvgIpc) is 3.84. The van der Waals surface area contributed by atoms with E-state index in [0.717, 1.165) is 0 Å². The van der Waals surface area contributed by atoms with Crippen LogP contribution in [-0.2, 0) is 51.9 Å². The first-order chi connectivity index (χ1) is 33.0. The number of nitrogens with one attached hydrogen (secondary N) is 8. The molecule has 0 saturated carbocycles. The molecule has 5 rings (SSSR count). The molecule has 0 unspecified atom stereocenters. The van der Waals surface area contributed by atoms with E-state index in [4.69, 9.17) is 4.74 Å². The van der Waals surface area contributed by atoms with Gasteiger partial charge in [0.25, 0.3) is 16.0 Å². The van der Waals surface area contributed by atoms with Gasteiger partial charge in [0, 0.05) is 32.3 Å². The molecule has 1 aromatic heterocycles. The Balaban J connectivity index is 1.16. The molecule has 2 aliphatic rings. The van der Waals surface area contributed by atoms with Crippen LogP contribution in [0.4, 0.5) is 5.82 Å². The molecule has 0 radical (unpaired) electrons. The molecular weight excluding hydrogens is 921 g/mol.